The molecule has 0 unspecified atom stereocenters. The van der Waals surface area contributed by atoms with Gasteiger partial charge >= 0.3 is 0 Å². The van der Waals surface area contributed by atoms with Gasteiger partial charge in [-0.15, -0.1) is 10.2 Å². The normalized spacial score (nSPS) is 10.8. The number of imidazole rings is 1. The highest BCUT2D eigenvalue weighted by atomic mass is 32.1. The maximum absolute atomic E-state index is 9.13. The molecule has 0 aliphatic rings. The van der Waals surface area contributed by atoms with E-state index in [4.69, 9.17) is 17.5 Å². The minimum absolute atomic E-state index is 0.529. The second-order valence-corrected chi connectivity index (χ2v) is 4.75. The Morgan fingerprint density at radius 2 is 2.30 bits per heavy atom. The molecule has 0 fully saturated rings. The van der Waals surface area contributed by atoms with Gasteiger partial charge in [0.2, 0.25) is 0 Å². The van der Waals surface area contributed by atoms with Crippen LogP contribution in [0, 0.1) is 16.1 Å². The second kappa shape index (κ2) is 4.90. The summed E-state index contributed by atoms with van der Waals surface area (Å²) in [5.74, 6) is 0.840. The van der Waals surface area contributed by atoms with Crippen LogP contribution in [0.2, 0.25) is 0 Å². The number of aryl methyl sites for hydroxylation is 1. The summed E-state index contributed by atoms with van der Waals surface area (Å²) in [7, 11) is 0. The van der Waals surface area contributed by atoms with Crippen LogP contribution in [-0.2, 0) is 13.1 Å². The first kappa shape index (κ1) is 12.6. The molecule has 0 aliphatic carbocycles. The molecule has 0 spiro atoms. The lowest BCUT2D eigenvalue weighted by atomic mass is 10.2. The van der Waals surface area contributed by atoms with E-state index in [0.717, 1.165) is 23.4 Å². The van der Waals surface area contributed by atoms with Crippen molar-refractivity contribution in [3.8, 4) is 6.07 Å². The molecule has 3 rings (SSSR count). The van der Waals surface area contributed by atoms with Crippen molar-refractivity contribution >= 4 is 23.3 Å². The smallest absolute Gasteiger partial charge is 0.178 e. The number of hydrogen-bond donors (Lipinski definition) is 1. The summed E-state index contributed by atoms with van der Waals surface area (Å²) in [4.78, 5) is 3.09. The molecule has 0 saturated heterocycles. The largest absolute Gasteiger partial charge is 0.329 e. The van der Waals surface area contributed by atoms with Gasteiger partial charge in [0.05, 0.1) is 23.1 Å². The van der Waals surface area contributed by atoms with E-state index >= 15 is 0 Å². The van der Waals surface area contributed by atoms with Crippen molar-refractivity contribution in [2.75, 3.05) is 0 Å². The number of aromatic nitrogens is 5. The molecule has 0 aliphatic heterocycles. The van der Waals surface area contributed by atoms with Crippen molar-refractivity contribution in [1.82, 2.24) is 24.3 Å². The Morgan fingerprint density at radius 1 is 1.45 bits per heavy atom. The summed E-state index contributed by atoms with van der Waals surface area (Å²) in [6.07, 6.45) is 1.70. The van der Waals surface area contributed by atoms with E-state index in [-0.39, 0.29) is 0 Å². The molecule has 20 heavy (non-hydrogen) atoms. The van der Waals surface area contributed by atoms with Crippen molar-refractivity contribution in [1.29, 1.82) is 5.26 Å². The average Bonchev–Trinajstić information content (AvgIpc) is 3.04. The van der Waals surface area contributed by atoms with Crippen LogP contribution in [0.4, 0.5) is 0 Å². The molecule has 0 amide bonds. The number of rotatable bonds is 3. The Labute approximate surface area is 120 Å². The fraction of sp³-hybridized carbons (Fsp3) is 0.231. The zero-order valence-corrected chi connectivity index (χ0v) is 11.7. The van der Waals surface area contributed by atoms with Crippen molar-refractivity contribution in [3.05, 3.63) is 40.7 Å². The minimum Gasteiger partial charge on any atom is -0.329 e. The number of nitrogens with one attached hydrogen (secondary N) is 1. The Morgan fingerprint density at radius 3 is 3.05 bits per heavy atom. The molecule has 100 valence electrons. The fourth-order valence-corrected chi connectivity index (χ4v) is 2.50. The minimum atomic E-state index is 0.529. The van der Waals surface area contributed by atoms with Crippen LogP contribution in [0.5, 0.6) is 0 Å². The van der Waals surface area contributed by atoms with Crippen molar-refractivity contribution in [2.45, 2.75) is 20.0 Å². The van der Waals surface area contributed by atoms with Gasteiger partial charge in [0.25, 0.3) is 0 Å². The lowest BCUT2D eigenvalue weighted by molar-refractivity contribution is 0.655. The predicted molar refractivity (Wildman–Crippen MR) is 76.6 cm³/mol. The fourth-order valence-electron chi connectivity index (χ4n) is 2.24. The van der Waals surface area contributed by atoms with Crippen LogP contribution in [0.1, 0.15) is 18.3 Å². The number of nitriles is 1. The average molecular weight is 284 g/mol. The number of benzene rings is 1. The van der Waals surface area contributed by atoms with Gasteiger partial charge in [0, 0.05) is 6.54 Å². The first-order chi connectivity index (χ1) is 9.74. The maximum Gasteiger partial charge on any atom is 0.178 e. The first-order valence-corrected chi connectivity index (χ1v) is 6.63. The number of H-pyrrole nitrogens is 1. The van der Waals surface area contributed by atoms with E-state index in [1.54, 1.807) is 12.4 Å². The van der Waals surface area contributed by atoms with E-state index < -0.39 is 0 Å². The van der Waals surface area contributed by atoms with Crippen LogP contribution >= 0.6 is 12.2 Å². The van der Waals surface area contributed by atoms with Gasteiger partial charge in [-0.1, -0.05) is 6.07 Å². The molecule has 0 radical (unpaired) electrons. The molecule has 0 bridgehead atoms. The SMILES string of the molecule is CCn1cnnc1Cn1c(=S)[nH]c2c(C#N)cccc21. The van der Waals surface area contributed by atoms with Crippen LogP contribution in [0.3, 0.4) is 0 Å². The summed E-state index contributed by atoms with van der Waals surface area (Å²) in [5, 5.41) is 17.2. The second-order valence-electron chi connectivity index (χ2n) is 4.36. The zero-order chi connectivity index (χ0) is 14.1. The summed E-state index contributed by atoms with van der Waals surface area (Å²) < 4.78 is 4.48. The van der Waals surface area contributed by atoms with Crippen LogP contribution in [0.25, 0.3) is 11.0 Å². The van der Waals surface area contributed by atoms with Crippen LogP contribution in [-0.4, -0.2) is 24.3 Å². The first-order valence-electron chi connectivity index (χ1n) is 6.23. The van der Waals surface area contributed by atoms with E-state index in [9.17, 15) is 0 Å². The number of nitrogens with zero attached hydrogens (tertiary/aromatic N) is 5. The Hall–Kier alpha value is -2.46. The lowest BCUT2D eigenvalue weighted by Crippen LogP contribution is -2.07. The van der Waals surface area contributed by atoms with Crippen molar-refractivity contribution in [3.63, 3.8) is 0 Å². The van der Waals surface area contributed by atoms with Crippen LogP contribution in [0.15, 0.2) is 24.5 Å². The maximum atomic E-state index is 9.13. The summed E-state index contributed by atoms with van der Waals surface area (Å²) in [6.45, 7) is 3.37. The van der Waals surface area contributed by atoms with Gasteiger partial charge in [-0.2, -0.15) is 5.26 Å². The van der Waals surface area contributed by atoms with Gasteiger partial charge in [-0.25, -0.2) is 0 Å². The van der Waals surface area contributed by atoms with Gasteiger partial charge in [-0.3, -0.25) is 0 Å². The van der Waals surface area contributed by atoms with Gasteiger partial charge in [0.15, 0.2) is 10.6 Å². The molecule has 7 heteroatoms. The topological polar surface area (TPSA) is 75.2 Å². The summed E-state index contributed by atoms with van der Waals surface area (Å²) in [5.41, 5.74) is 2.26. The number of para-hydroxylation sites is 1. The predicted octanol–water partition coefficient (Wildman–Crippen LogP) is 2.23. The van der Waals surface area contributed by atoms with E-state index in [0.29, 0.717) is 16.9 Å². The number of fused-ring (bicyclic) bond motifs is 1. The van der Waals surface area contributed by atoms with Crippen LogP contribution < -0.4 is 0 Å². The molecule has 2 aromatic heterocycles. The molecule has 6 nitrogen and oxygen atoms in total. The van der Waals surface area contributed by atoms with Gasteiger partial charge < -0.3 is 14.1 Å². The highest BCUT2D eigenvalue weighted by molar-refractivity contribution is 7.71. The Bertz CT molecular complexity index is 863. The van der Waals surface area contributed by atoms with Crippen molar-refractivity contribution in [2.24, 2.45) is 0 Å². The third-order valence-corrected chi connectivity index (χ3v) is 3.59. The monoisotopic (exact) mass is 284 g/mol. The van der Waals surface area contributed by atoms with E-state index in [1.165, 1.54) is 0 Å². The highest BCUT2D eigenvalue weighted by Crippen LogP contribution is 2.18. The Kier molecular flexibility index (Phi) is 3.08. The molecule has 2 heterocycles. The number of aromatic amines is 1. The zero-order valence-electron chi connectivity index (χ0n) is 10.9. The highest BCUT2D eigenvalue weighted by Gasteiger charge is 2.11. The number of hydrogen-bond acceptors (Lipinski definition) is 4. The van der Waals surface area contributed by atoms with Gasteiger partial charge in [0.1, 0.15) is 12.4 Å². The molecule has 1 N–H and O–H groups in total. The molecule has 1 aromatic carbocycles. The summed E-state index contributed by atoms with van der Waals surface area (Å²) in [6, 6.07) is 7.73. The molecular formula is C13H12N6S. The standard InChI is InChI=1S/C13H12N6S/c1-2-18-8-15-17-11(18)7-19-10-5-3-4-9(6-14)12(10)16-13(19)20/h3-5,8H,2,7H2,1H3,(H,16,20). The molecular weight excluding hydrogens is 272 g/mol. The third-order valence-electron chi connectivity index (χ3n) is 3.27. The summed E-state index contributed by atoms with van der Waals surface area (Å²) >= 11 is 5.35. The lowest BCUT2D eigenvalue weighted by Gasteiger charge is -2.05. The van der Waals surface area contributed by atoms with E-state index in [1.807, 2.05) is 28.2 Å². The molecule has 0 saturated carbocycles. The molecule has 3 aromatic rings. The molecule has 0 atom stereocenters. The quantitative estimate of drug-likeness (QED) is 0.748. The third kappa shape index (κ3) is 1.90. The van der Waals surface area contributed by atoms with Crippen molar-refractivity contribution < 1.29 is 0 Å². The Balaban J connectivity index is 2.16. The van der Waals surface area contributed by atoms with E-state index in [2.05, 4.69) is 21.3 Å². The van der Waals surface area contributed by atoms with Gasteiger partial charge in [-0.05, 0) is 31.3 Å².